The Morgan fingerprint density at radius 1 is 1.21 bits per heavy atom. The summed E-state index contributed by atoms with van der Waals surface area (Å²) in [7, 11) is 0. The van der Waals surface area contributed by atoms with E-state index in [-0.39, 0.29) is 5.91 Å². The van der Waals surface area contributed by atoms with Crippen LogP contribution < -0.4 is 11.1 Å². The number of amides is 1. The highest BCUT2D eigenvalue weighted by atomic mass is 79.9. The van der Waals surface area contributed by atoms with Gasteiger partial charge in [0.15, 0.2) is 0 Å². The summed E-state index contributed by atoms with van der Waals surface area (Å²) in [6, 6.07) is 14.4. The van der Waals surface area contributed by atoms with Gasteiger partial charge in [0.05, 0.1) is 5.69 Å². The van der Waals surface area contributed by atoms with Crippen molar-refractivity contribution in [1.82, 2.24) is 0 Å². The van der Waals surface area contributed by atoms with Gasteiger partial charge in [-0.25, -0.2) is 0 Å². The van der Waals surface area contributed by atoms with Gasteiger partial charge < -0.3 is 11.1 Å². The second-order valence-electron chi connectivity index (χ2n) is 4.36. The van der Waals surface area contributed by atoms with E-state index < -0.39 is 6.04 Å². The molecule has 0 aliphatic heterocycles. The smallest absolute Gasteiger partial charge is 0.245 e. The van der Waals surface area contributed by atoms with Gasteiger partial charge >= 0.3 is 0 Å². The van der Waals surface area contributed by atoms with Crippen molar-refractivity contribution >= 4 is 27.5 Å². The third-order valence-corrected chi connectivity index (χ3v) is 3.51. The van der Waals surface area contributed by atoms with E-state index in [1.165, 1.54) is 0 Å². The molecule has 0 aromatic heterocycles. The van der Waals surface area contributed by atoms with E-state index in [0.717, 1.165) is 21.3 Å². The quantitative estimate of drug-likeness (QED) is 0.911. The third-order valence-electron chi connectivity index (χ3n) is 2.82. The lowest BCUT2D eigenvalue weighted by Gasteiger charge is -2.14. The molecule has 0 unspecified atom stereocenters. The minimum absolute atomic E-state index is 0.225. The van der Waals surface area contributed by atoms with Gasteiger partial charge in [-0.15, -0.1) is 0 Å². The van der Waals surface area contributed by atoms with Crippen LogP contribution in [0.1, 0.15) is 17.2 Å². The maximum Gasteiger partial charge on any atom is 0.245 e. The van der Waals surface area contributed by atoms with Crippen LogP contribution in [-0.2, 0) is 4.79 Å². The molecule has 0 aliphatic rings. The molecule has 3 nitrogen and oxygen atoms in total. The first-order chi connectivity index (χ1) is 9.08. The van der Waals surface area contributed by atoms with E-state index >= 15 is 0 Å². The minimum Gasteiger partial charge on any atom is -0.323 e. The summed E-state index contributed by atoms with van der Waals surface area (Å²) >= 11 is 3.41. The van der Waals surface area contributed by atoms with Crippen LogP contribution >= 0.6 is 15.9 Å². The maximum atomic E-state index is 12.1. The lowest BCUT2D eigenvalue weighted by molar-refractivity contribution is -0.117. The second-order valence-corrected chi connectivity index (χ2v) is 5.22. The first-order valence-corrected chi connectivity index (χ1v) is 6.75. The zero-order chi connectivity index (χ0) is 13.8. The summed E-state index contributed by atoms with van der Waals surface area (Å²) in [5.41, 5.74) is 8.55. The van der Waals surface area contributed by atoms with Crippen molar-refractivity contribution in [3.8, 4) is 0 Å². The van der Waals surface area contributed by atoms with Crippen molar-refractivity contribution in [3.05, 3.63) is 64.1 Å². The van der Waals surface area contributed by atoms with E-state index in [1.54, 1.807) is 0 Å². The molecule has 1 atom stereocenters. The Balaban J connectivity index is 2.15. The molecule has 0 heterocycles. The normalized spacial score (nSPS) is 11.9. The molecule has 0 aliphatic carbocycles. The standard InChI is InChI=1S/C15H15BrN2O/c1-10-7-8-12(16)13(9-10)18-15(19)14(17)11-5-3-2-4-6-11/h2-9,14H,17H2,1H3,(H,18,19)/t14-/m0/s1. The number of nitrogens with two attached hydrogens (primary N) is 1. The van der Waals surface area contributed by atoms with Crippen molar-refractivity contribution in [2.45, 2.75) is 13.0 Å². The van der Waals surface area contributed by atoms with Gasteiger partial charge in [-0.2, -0.15) is 0 Å². The van der Waals surface area contributed by atoms with E-state index in [9.17, 15) is 4.79 Å². The Labute approximate surface area is 121 Å². The molecule has 0 fully saturated rings. The Bertz CT molecular complexity index is 584. The maximum absolute atomic E-state index is 12.1. The predicted octanol–water partition coefficient (Wildman–Crippen LogP) is 3.40. The van der Waals surface area contributed by atoms with Crippen LogP contribution in [0.2, 0.25) is 0 Å². The summed E-state index contributed by atoms with van der Waals surface area (Å²) in [4.78, 5) is 12.1. The van der Waals surface area contributed by atoms with Gasteiger partial charge in [0.2, 0.25) is 5.91 Å². The van der Waals surface area contributed by atoms with Crippen molar-refractivity contribution < 1.29 is 4.79 Å². The topological polar surface area (TPSA) is 55.1 Å². The molecule has 0 saturated heterocycles. The Kier molecular flexibility index (Phi) is 4.35. The van der Waals surface area contributed by atoms with Crippen LogP contribution in [0.3, 0.4) is 0 Å². The number of halogens is 1. The largest absolute Gasteiger partial charge is 0.323 e. The number of hydrogen-bond acceptors (Lipinski definition) is 2. The van der Waals surface area contributed by atoms with Gasteiger partial charge in [-0.05, 0) is 46.1 Å². The Morgan fingerprint density at radius 3 is 2.58 bits per heavy atom. The van der Waals surface area contributed by atoms with Crippen LogP contribution in [0.15, 0.2) is 53.0 Å². The number of hydrogen-bond donors (Lipinski definition) is 2. The predicted molar refractivity (Wildman–Crippen MR) is 80.9 cm³/mol. The third kappa shape index (κ3) is 3.43. The molecule has 2 aromatic carbocycles. The fourth-order valence-electron chi connectivity index (χ4n) is 1.76. The molecule has 0 bridgehead atoms. The number of carbonyl (C=O) groups excluding carboxylic acids is 1. The average molecular weight is 319 g/mol. The summed E-state index contributed by atoms with van der Waals surface area (Å²) in [5, 5.41) is 2.84. The SMILES string of the molecule is Cc1ccc(Br)c(NC(=O)[C@@H](N)c2ccccc2)c1. The first kappa shape index (κ1) is 13.8. The highest BCUT2D eigenvalue weighted by Crippen LogP contribution is 2.24. The van der Waals surface area contributed by atoms with Gasteiger partial charge in [-0.1, -0.05) is 36.4 Å². The zero-order valence-corrected chi connectivity index (χ0v) is 12.1. The summed E-state index contributed by atoms with van der Waals surface area (Å²) in [6.45, 7) is 1.97. The Morgan fingerprint density at radius 2 is 1.89 bits per heavy atom. The van der Waals surface area contributed by atoms with Crippen molar-refractivity contribution in [1.29, 1.82) is 0 Å². The zero-order valence-electron chi connectivity index (χ0n) is 10.6. The molecule has 0 saturated carbocycles. The molecule has 2 aromatic rings. The van der Waals surface area contributed by atoms with Crippen molar-refractivity contribution in [2.75, 3.05) is 5.32 Å². The van der Waals surface area contributed by atoms with Gasteiger partial charge in [-0.3, -0.25) is 4.79 Å². The highest BCUT2D eigenvalue weighted by Gasteiger charge is 2.16. The monoisotopic (exact) mass is 318 g/mol. The minimum atomic E-state index is -0.673. The molecule has 0 radical (unpaired) electrons. The molecule has 2 rings (SSSR count). The lowest BCUT2D eigenvalue weighted by Crippen LogP contribution is -2.27. The van der Waals surface area contributed by atoms with E-state index in [0.29, 0.717) is 0 Å². The van der Waals surface area contributed by atoms with Crippen LogP contribution in [0.5, 0.6) is 0 Å². The van der Waals surface area contributed by atoms with Crippen LogP contribution in [0, 0.1) is 6.92 Å². The molecular formula is C15H15BrN2O. The number of benzene rings is 2. The van der Waals surface area contributed by atoms with E-state index in [2.05, 4.69) is 21.2 Å². The average Bonchev–Trinajstić information content (AvgIpc) is 2.43. The number of carbonyl (C=O) groups is 1. The van der Waals surface area contributed by atoms with Crippen molar-refractivity contribution in [3.63, 3.8) is 0 Å². The van der Waals surface area contributed by atoms with Gasteiger partial charge in [0.1, 0.15) is 6.04 Å². The molecule has 3 N–H and O–H groups in total. The molecule has 19 heavy (non-hydrogen) atoms. The van der Waals surface area contributed by atoms with Crippen LogP contribution in [0.4, 0.5) is 5.69 Å². The lowest BCUT2D eigenvalue weighted by atomic mass is 10.1. The van der Waals surface area contributed by atoms with E-state index in [4.69, 9.17) is 5.73 Å². The Hall–Kier alpha value is -1.65. The molecule has 98 valence electrons. The summed E-state index contributed by atoms with van der Waals surface area (Å²) in [6.07, 6.45) is 0. The van der Waals surface area contributed by atoms with Crippen LogP contribution in [0.25, 0.3) is 0 Å². The molecule has 1 amide bonds. The molecule has 0 spiro atoms. The fraction of sp³-hybridized carbons (Fsp3) is 0.133. The summed E-state index contributed by atoms with van der Waals surface area (Å²) in [5.74, 6) is -0.225. The van der Waals surface area contributed by atoms with Gasteiger partial charge in [0.25, 0.3) is 0 Å². The molecular weight excluding hydrogens is 304 g/mol. The first-order valence-electron chi connectivity index (χ1n) is 5.95. The highest BCUT2D eigenvalue weighted by molar-refractivity contribution is 9.10. The van der Waals surface area contributed by atoms with Crippen molar-refractivity contribution in [2.24, 2.45) is 5.73 Å². The number of nitrogens with one attached hydrogen (secondary N) is 1. The molecule has 4 heteroatoms. The number of aryl methyl sites for hydroxylation is 1. The fourth-order valence-corrected chi connectivity index (χ4v) is 2.10. The van der Waals surface area contributed by atoms with Crippen LogP contribution in [-0.4, -0.2) is 5.91 Å². The number of rotatable bonds is 3. The van der Waals surface area contributed by atoms with E-state index in [1.807, 2.05) is 55.5 Å². The summed E-state index contributed by atoms with van der Waals surface area (Å²) < 4.78 is 0.840. The second kappa shape index (κ2) is 5.99. The van der Waals surface area contributed by atoms with Gasteiger partial charge in [0, 0.05) is 4.47 Å². The number of anilines is 1.